The van der Waals surface area contributed by atoms with Gasteiger partial charge in [-0.15, -0.1) is 0 Å². The molecule has 5 amide bonds. The highest BCUT2D eigenvalue weighted by Crippen LogP contribution is 2.53. The van der Waals surface area contributed by atoms with Crippen LogP contribution in [0.2, 0.25) is 0 Å². The summed E-state index contributed by atoms with van der Waals surface area (Å²) in [7, 11) is 0. The van der Waals surface area contributed by atoms with Crippen molar-refractivity contribution in [3.63, 3.8) is 0 Å². The smallest absolute Gasteiger partial charge is 0.262 e. The number of rotatable bonds is 6. The first-order valence-corrected chi connectivity index (χ1v) is 19.7. The number of anilines is 2. The van der Waals surface area contributed by atoms with E-state index in [-0.39, 0.29) is 41.5 Å². The predicted octanol–water partition coefficient (Wildman–Crippen LogP) is 4.99. The van der Waals surface area contributed by atoms with E-state index in [9.17, 15) is 24.0 Å². The molecule has 1 atom stereocenters. The average Bonchev–Trinajstić information content (AvgIpc) is 3.39. The Balaban J connectivity index is 0.801. The van der Waals surface area contributed by atoms with Crippen LogP contribution in [0.5, 0.6) is 0 Å². The Labute approximate surface area is 312 Å². The maximum Gasteiger partial charge on any atom is 0.262 e. The molecule has 0 radical (unpaired) electrons. The highest BCUT2D eigenvalue weighted by Gasteiger charge is 2.53. The highest BCUT2D eigenvalue weighted by molar-refractivity contribution is 6.23. The van der Waals surface area contributed by atoms with Gasteiger partial charge in [0.2, 0.25) is 11.8 Å². The number of piperidine rings is 2. The van der Waals surface area contributed by atoms with Crippen molar-refractivity contribution in [2.24, 2.45) is 16.2 Å². The van der Waals surface area contributed by atoms with E-state index in [0.29, 0.717) is 22.6 Å². The fourth-order valence-electron chi connectivity index (χ4n) is 11.1. The van der Waals surface area contributed by atoms with Crippen LogP contribution in [0.25, 0.3) is 0 Å². The number of benzene rings is 2. The molecule has 0 aromatic heterocycles. The Morgan fingerprint density at radius 1 is 0.717 bits per heavy atom. The highest BCUT2D eigenvalue weighted by atomic mass is 16.2. The summed E-state index contributed by atoms with van der Waals surface area (Å²) < 4.78 is 0. The lowest BCUT2D eigenvalue weighted by molar-refractivity contribution is -0.136. The number of hydrogen-bond acceptors (Lipinski definition) is 8. The van der Waals surface area contributed by atoms with Gasteiger partial charge in [-0.2, -0.15) is 0 Å². The summed E-state index contributed by atoms with van der Waals surface area (Å²) in [4.78, 5) is 72.2. The van der Waals surface area contributed by atoms with Crippen molar-refractivity contribution in [2.75, 3.05) is 49.1 Å². The van der Waals surface area contributed by atoms with Gasteiger partial charge in [0.05, 0.1) is 11.1 Å². The van der Waals surface area contributed by atoms with E-state index in [2.05, 4.69) is 65.2 Å². The summed E-state index contributed by atoms with van der Waals surface area (Å²) in [6.45, 7) is 14.9. The van der Waals surface area contributed by atoms with E-state index in [0.717, 1.165) is 74.7 Å². The van der Waals surface area contributed by atoms with Crippen LogP contribution in [0.4, 0.5) is 11.4 Å². The lowest BCUT2D eigenvalue weighted by Crippen LogP contribution is -2.63. The van der Waals surface area contributed by atoms with E-state index in [1.165, 1.54) is 31.4 Å². The van der Waals surface area contributed by atoms with Crippen molar-refractivity contribution in [3.8, 4) is 0 Å². The van der Waals surface area contributed by atoms with Gasteiger partial charge in [-0.1, -0.05) is 27.7 Å². The average molecular weight is 723 g/mol. The number of hydrogen-bond donors (Lipinski definition) is 2. The molecule has 1 spiro atoms. The molecule has 4 aliphatic heterocycles. The standard InChI is InChI=1S/C42H54N6O5/c1-40(2)26-41(3,4)39(40)44-35(50)27-5-7-28(8-6-27)46-21-23-47(24-22-46)29-13-15-42(16-14-29)17-19-45(20-18-42)30-9-10-31-32(25-30)38(53)48(37(31)52)33-11-12-34(49)43-36(33)51/h5-10,25,29,33,39H,11-24,26H2,1-4H3,(H,44,50)(H,43,49,51). The molecular weight excluding hydrogens is 668 g/mol. The van der Waals surface area contributed by atoms with Crippen LogP contribution in [0.1, 0.15) is 117 Å². The molecule has 8 rings (SSSR count). The van der Waals surface area contributed by atoms with Crippen molar-refractivity contribution in [1.29, 1.82) is 0 Å². The molecule has 11 nitrogen and oxygen atoms in total. The molecule has 1 unspecified atom stereocenters. The molecule has 5 fully saturated rings. The molecule has 53 heavy (non-hydrogen) atoms. The van der Waals surface area contributed by atoms with Crippen molar-refractivity contribution in [3.05, 3.63) is 59.2 Å². The number of nitrogens with one attached hydrogen (secondary N) is 2. The molecule has 0 bridgehead atoms. The maximum absolute atomic E-state index is 13.4. The first-order chi connectivity index (χ1) is 25.2. The molecule has 2 aromatic rings. The second kappa shape index (κ2) is 13.2. The van der Waals surface area contributed by atoms with Gasteiger partial charge in [0, 0.05) is 74.7 Å². The summed E-state index contributed by atoms with van der Waals surface area (Å²) in [6.07, 6.45) is 8.54. The quantitative estimate of drug-likeness (QED) is 0.400. The Morgan fingerprint density at radius 2 is 1.32 bits per heavy atom. The van der Waals surface area contributed by atoms with Gasteiger partial charge in [0.15, 0.2) is 0 Å². The maximum atomic E-state index is 13.4. The molecule has 282 valence electrons. The van der Waals surface area contributed by atoms with Crippen molar-refractivity contribution in [1.82, 2.24) is 20.4 Å². The molecule has 2 aromatic carbocycles. The van der Waals surface area contributed by atoms with E-state index in [4.69, 9.17) is 0 Å². The van der Waals surface area contributed by atoms with Gasteiger partial charge in [-0.25, -0.2) is 0 Å². The van der Waals surface area contributed by atoms with Gasteiger partial charge >= 0.3 is 0 Å². The van der Waals surface area contributed by atoms with Crippen molar-refractivity contribution < 1.29 is 24.0 Å². The minimum Gasteiger partial charge on any atom is -0.371 e. The van der Waals surface area contributed by atoms with Gasteiger partial charge < -0.3 is 15.1 Å². The minimum atomic E-state index is -0.951. The van der Waals surface area contributed by atoms with Gasteiger partial charge in [0.1, 0.15) is 6.04 Å². The number of carbonyl (C=O) groups is 5. The second-order valence-corrected chi connectivity index (χ2v) is 18.0. The topological polar surface area (TPSA) is 122 Å². The number of carbonyl (C=O) groups excluding carboxylic acids is 5. The largest absolute Gasteiger partial charge is 0.371 e. The summed E-state index contributed by atoms with van der Waals surface area (Å²) >= 11 is 0. The molecule has 6 aliphatic rings. The molecule has 2 N–H and O–H groups in total. The zero-order chi connectivity index (χ0) is 37.3. The molecule has 11 heteroatoms. The Kier molecular flexibility index (Phi) is 8.94. The summed E-state index contributed by atoms with van der Waals surface area (Å²) in [5.41, 5.74) is 4.13. The van der Waals surface area contributed by atoms with E-state index in [1.54, 1.807) is 6.07 Å². The fraction of sp³-hybridized carbons (Fsp3) is 0.595. The van der Waals surface area contributed by atoms with Crippen LogP contribution in [0, 0.1) is 16.2 Å². The lowest BCUT2D eigenvalue weighted by Gasteiger charge is -2.57. The molecule has 2 aliphatic carbocycles. The third-order valence-corrected chi connectivity index (χ3v) is 13.7. The van der Waals surface area contributed by atoms with E-state index in [1.807, 2.05) is 24.3 Å². The van der Waals surface area contributed by atoms with Crippen LogP contribution in [0.3, 0.4) is 0 Å². The third-order valence-electron chi connectivity index (χ3n) is 13.7. The zero-order valence-corrected chi connectivity index (χ0v) is 31.7. The molecule has 4 heterocycles. The Morgan fingerprint density at radius 3 is 1.94 bits per heavy atom. The predicted molar refractivity (Wildman–Crippen MR) is 203 cm³/mol. The molecular formula is C42H54N6O5. The second-order valence-electron chi connectivity index (χ2n) is 18.0. The lowest BCUT2D eigenvalue weighted by atomic mass is 9.52. The van der Waals surface area contributed by atoms with Gasteiger partial charge in [-0.05, 0) is 110 Å². The van der Waals surface area contributed by atoms with E-state index < -0.39 is 23.8 Å². The summed E-state index contributed by atoms with van der Waals surface area (Å²) in [6, 6.07) is 13.5. The Hall–Kier alpha value is -4.25. The van der Waals surface area contributed by atoms with Crippen LogP contribution in [-0.4, -0.2) is 96.7 Å². The van der Waals surface area contributed by atoms with Crippen molar-refractivity contribution in [2.45, 2.75) is 104 Å². The number of piperazine rings is 1. The van der Waals surface area contributed by atoms with E-state index >= 15 is 0 Å². The first kappa shape index (κ1) is 35.8. The van der Waals surface area contributed by atoms with Gasteiger partial charge in [-0.3, -0.25) is 39.1 Å². The normalized spacial score (nSPS) is 27.1. The van der Waals surface area contributed by atoms with Crippen LogP contribution in [0.15, 0.2) is 42.5 Å². The number of nitrogens with zero attached hydrogens (tertiary/aromatic N) is 4. The summed E-state index contributed by atoms with van der Waals surface area (Å²) in [5.74, 6) is -1.86. The first-order valence-electron chi connectivity index (χ1n) is 19.7. The molecule has 3 saturated heterocycles. The third kappa shape index (κ3) is 6.53. The monoisotopic (exact) mass is 722 g/mol. The SMILES string of the molecule is CC1(C)CC(C)(C)C1NC(=O)c1ccc(N2CCN(C3CCC4(CC3)CCN(c3ccc5c(c3)C(=O)N(C3CCC(=O)NC3=O)C5=O)CC4)CC2)cc1. The van der Waals surface area contributed by atoms with Crippen molar-refractivity contribution >= 4 is 40.9 Å². The zero-order valence-electron chi connectivity index (χ0n) is 31.7. The number of imide groups is 2. The minimum absolute atomic E-state index is 0.0189. The molecule has 2 saturated carbocycles. The number of fused-ring (bicyclic) bond motifs is 1. The van der Waals surface area contributed by atoms with Gasteiger partial charge in [0.25, 0.3) is 17.7 Å². The van der Waals surface area contributed by atoms with Crippen LogP contribution >= 0.6 is 0 Å². The van der Waals surface area contributed by atoms with Crippen LogP contribution < -0.4 is 20.4 Å². The fourth-order valence-corrected chi connectivity index (χ4v) is 11.1. The van der Waals surface area contributed by atoms with Crippen LogP contribution in [-0.2, 0) is 9.59 Å². The summed E-state index contributed by atoms with van der Waals surface area (Å²) in [5, 5.41) is 5.57. The Bertz CT molecular complexity index is 1800. The number of amides is 5.